The first-order valence-electron chi connectivity index (χ1n) is 11.3. The lowest BCUT2D eigenvalue weighted by molar-refractivity contribution is -0.0794. The quantitative estimate of drug-likeness (QED) is 0.731. The fourth-order valence-corrected chi connectivity index (χ4v) is 4.18. The van der Waals surface area contributed by atoms with Crippen molar-refractivity contribution in [3.05, 3.63) is 68.4 Å². The zero-order valence-corrected chi connectivity index (χ0v) is 19.6. The monoisotopic (exact) mass is 479 g/mol. The summed E-state index contributed by atoms with van der Waals surface area (Å²) in [6.45, 7) is 7.57. The summed E-state index contributed by atoms with van der Waals surface area (Å²) in [6.07, 6.45) is 2.29. The van der Waals surface area contributed by atoms with Crippen LogP contribution in [0.1, 0.15) is 65.6 Å². The molecule has 34 heavy (non-hydrogen) atoms. The van der Waals surface area contributed by atoms with Crippen LogP contribution in [0.2, 0.25) is 0 Å². The number of carbonyl (C=O) groups is 2. The molecule has 1 saturated heterocycles. The number of halogens is 3. The Balaban J connectivity index is 0.00000158. The number of benzene rings is 1. The molecule has 4 rings (SSSR count). The minimum atomic E-state index is -1.15. The number of fused-ring (bicyclic) bond motifs is 2. The highest BCUT2D eigenvalue weighted by molar-refractivity contribution is 5.98. The van der Waals surface area contributed by atoms with E-state index in [0.717, 1.165) is 12.8 Å². The van der Waals surface area contributed by atoms with Gasteiger partial charge in [0.05, 0.1) is 12.6 Å². The van der Waals surface area contributed by atoms with Crippen molar-refractivity contribution in [2.24, 2.45) is 0 Å². The Bertz CT molecular complexity index is 1140. The van der Waals surface area contributed by atoms with Crippen molar-refractivity contribution < 1.29 is 27.5 Å². The highest BCUT2D eigenvalue weighted by atomic mass is 19.1. The topological polar surface area (TPSA) is 80.6 Å². The van der Waals surface area contributed by atoms with E-state index in [1.54, 1.807) is 4.90 Å². The van der Waals surface area contributed by atoms with Crippen LogP contribution >= 0.6 is 0 Å². The third-order valence-corrected chi connectivity index (χ3v) is 5.85. The largest absolute Gasteiger partial charge is 0.353 e. The number of hydrogen-bond acceptors (Lipinski definition) is 4. The number of pyridine rings is 1. The molecule has 3 heterocycles. The van der Waals surface area contributed by atoms with Crippen LogP contribution in [-0.2, 0) is 17.8 Å². The van der Waals surface area contributed by atoms with Crippen molar-refractivity contribution in [1.82, 2.24) is 14.8 Å². The molecule has 1 aromatic heterocycles. The Kier molecular flexibility index (Phi) is 7.81. The third-order valence-electron chi connectivity index (χ3n) is 5.85. The molecule has 0 spiro atoms. The fourth-order valence-electron chi connectivity index (χ4n) is 4.18. The molecule has 2 aromatic rings. The van der Waals surface area contributed by atoms with Crippen LogP contribution in [0, 0.1) is 24.4 Å². The number of nitrogens with one attached hydrogen (secondary N) is 1. The maximum absolute atomic E-state index is 13.8. The van der Waals surface area contributed by atoms with Gasteiger partial charge in [0.1, 0.15) is 28.7 Å². The predicted molar refractivity (Wildman–Crippen MR) is 119 cm³/mol. The molecule has 2 amide bonds. The minimum Gasteiger partial charge on any atom is -0.353 e. The van der Waals surface area contributed by atoms with E-state index in [9.17, 15) is 27.6 Å². The highest BCUT2D eigenvalue weighted by Crippen LogP contribution is 2.25. The van der Waals surface area contributed by atoms with Crippen LogP contribution in [0.4, 0.5) is 13.2 Å². The van der Waals surface area contributed by atoms with Gasteiger partial charge in [0.25, 0.3) is 11.8 Å². The SMILES string of the molecule is CC.Cc1c2n(cc(C(=O)NCc3c(F)cc(F)cc3F)c1=O)CC1O[C@H](C)CCCN1C2=O. The van der Waals surface area contributed by atoms with Crippen LogP contribution < -0.4 is 10.7 Å². The molecule has 0 aliphatic carbocycles. The van der Waals surface area contributed by atoms with Crippen LogP contribution in [-0.4, -0.2) is 40.2 Å². The van der Waals surface area contributed by atoms with Crippen molar-refractivity contribution in [3.8, 4) is 0 Å². The molecule has 2 aliphatic heterocycles. The molecule has 1 N–H and O–H groups in total. The van der Waals surface area contributed by atoms with Gasteiger partial charge in [-0.05, 0) is 26.7 Å². The van der Waals surface area contributed by atoms with Gasteiger partial charge in [-0.1, -0.05) is 13.8 Å². The zero-order chi connectivity index (χ0) is 25.2. The minimum absolute atomic E-state index is 0.0388. The summed E-state index contributed by atoms with van der Waals surface area (Å²) >= 11 is 0. The molecule has 0 bridgehead atoms. The van der Waals surface area contributed by atoms with E-state index in [4.69, 9.17) is 4.74 Å². The first-order chi connectivity index (χ1) is 16.2. The summed E-state index contributed by atoms with van der Waals surface area (Å²) in [5, 5.41) is 2.29. The standard InChI is InChI=1S/C22H22F3N3O4.C2H6/c1-11-4-3-5-28-18(32-11)10-27-9-15(20(29)12(2)19(27)22(28)31)21(30)26-8-14-16(24)6-13(23)7-17(14)25;1-2/h6-7,9,11,18H,3-5,8,10H2,1-2H3,(H,26,30);1-2H3/t11-,18?;/m1./s1. The van der Waals surface area contributed by atoms with Crippen molar-refractivity contribution in [2.45, 2.75) is 66.0 Å². The number of carbonyl (C=O) groups excluding carboxylic acids is 2. The molecule has 2 aliphatic rings. The Morgan fingerprint density at radius 1 is 1.18 bits per heavy atom. The number of amides is 2. The van der Waals surface area contributed by atoms with Crippen LogP contribution in [0.15, 0.2) is 23.1 Å². The van der Waals surface area contributed by atoms with E-state index < -0.39 is 47.1 Å². The molecule has 2 atom stereocenters. The Labute approximate surface area is 195 Å². The molecular formula is C24H28F3N3O4. The van der Waals surface area contributed by atoms with E-state index in [2.05, 4.69) is 5.32 Å². The second-order valence-electron chi connectivity index (χ2n) is 8.07. The maximum atomic E-state index is 13.8. The first kappa shape index (κ1) is 25.5. The van der Waals surface area contributed by atoms with Gasteiger partial charge >= 0.3 is 0 Å². The number of ether oxygens (including phenoxy) is 1. The number of hydrogen-bond donors (Lipinski definition) is 1. The maximum Gasteiger partial charge on any atom is 0.272 e. The highest BCUT2D eigenvalue weighted by Gasteiger charge is 2.37. The predicted octanol–water partition coefficient (Wildman–Crippen LogP) is 3.51. The summed E-state index contributed by atoms with van der Waals surface area (Å²) in [4.78, 5) is 40.1. The Morgan fingerprint density at radius 3 is 2.47 bits per heavy atom. The second-order valence-corrected chi connectivity index (χ2v) is 8.07. The van der Waals surface area contributed by atoms with Gasteiger partial charge in [0.2, 0.25) is 0 Å². The lowest BCUT2D eigenvalue weighted by Crippen LogP contribution is -2.51. The first-order valence-corrected chi connectivity index (χ1v) is 11.3. The molecule has 184 valence electrons. The van der Waals surface area contributed by atoms with Crippen LogP contribution in [0.25, 0.3) is 0 Å². The van der Waals surface area contributed by atoms with Gasteiger partial charge in [-0.25, -0.2) is 13.2 Å². The van der Waals surface area contributed by atoms with Gasteiger partial charge in [-0.2, -0.15) is 0 Å². The Morgan fingerprint density at radius 2 is 1.82 bits per heavy atom. The molecule has 10 heteroatoms. The summed E-state index contributed by atoms with van der Waals surface area (Å²) in [6, 6.07) is 1.02. The number of aromatic nitrogens is 1. The van der Waals surface area contributed by atoms with Gasteiger partial charge in [-0.3, -0.25) is 14.4 Å². The van der Waals surface area contributed by atoms with Gasteiger partial charge in [0, 0.05) is 42.5 Å². The van der Waals surface area contributed by atoms with Gasteiger partial charge in [0.15, 0.2) is 11.7 Å². The number of nitrogens with zero attached hydrogens (tertiary/aromatic N) is 2. The van der Waals surface area contributed by atoms with E-state index >= 15 is 0 Å². The molecule has 1 unspecified atom stereocenters. The summed E-state index contributed by atoms with van der Waals surface area (Å²) in [5.41, 5.74) is -1.14. The van der Waals surface area contributed by atoms with Gasteiger partial charge in [-0.15, -0.1) is 0 Å². The van der Waals surface area contributed by atoms with Crippen LogP contribution in [0.3, 0.4) is 0 Å². The average Bonchev–Trinajstić information content (AvgIpc) is 2.97. The van der Waals surface area contributed by atoms with Crippen molar-refractivity contribution in [3.63, 3.8) is 0 Å². The molecule has 1 aromatic carbocycles. The van der Waals surface area contributed by atoms with E-state index in [1.165, 1.54) is 17.7 Å². The van der Waals surface area contributed by atoms with Crippen molar-refractivity contribution in [1.29, 1.82) is 0 Å². The molecule has 7 nitrogen and oxygen atoms in total. The van der Waals surface area contributed by atoms with Crippen LogP contribution in [0.5, 0.6) is 0 Å². The molecule has 0 saturated carbocycles. The number of rotatable bonds is 3. The summed E-state index contributed by atoms with van der Waals surface area (Å²) < 4.78 is 48.2. The lowest BCUT2D eigenvalue weighted by Gasteiger charge is -2.37. The fraction of sp³-hybridized carbons (Fsp3) is 0.458. The lowest BCUT2D eigenvalue weighted by atomic mass is 10.1. The zero-order valence-electron chi connectivity index (χ0n) is 19.6. The molecule has 0 radical (unpaired) electrons. The van der Waals surface area contributed by atoms with Crippen molar-refractivity contribution >= 4 is 11.8 Å². The average molecular weight is 479 g/mol. The third kappa shape index (κ3) is 4.86. The molecular weight excluding hydrogens is 451 g/mol. The molecule has 1 fully saturated rings. The van der Waals surface area contributed by atoms with E-state index in [-0.39, 0.29) is 35.4 Å². The second kappa shape index (κ2) is 10.4. The van der Waals surface area contributed by atoms with E-state index in [0.29, 0.717) is 18.7 Å². The van der Waals surface area contributed by atoms with E-state index in [1.807, 2.05) is 20.8 Å². The normalized spacial score (nSPS) is 19.4. The van der Waals surface area contributed by atoms with Crippen molar-refractivity contribution in [2.75, 3.05) is 6.54 Å². The van der Waals surface area contributed by atoms with Gasteiger partial charge < -0.3 is 19.5 Å². The smallest absolute Gasteiger partial charge is 0.272 e. The summed E-state index contributed by atoms with van der Waals surface area (Å²) in [5.74, 6) is -4.57. The summed E-state index contributed by atoms with van der Waals surface area (Å²) in [7, 11) is 0. The Hall–Kier alpha value is -3.14.